The van der Waals surface area contributed by atoms with Gasteiger partial charge in [-0.1, -0.05) is 26.0 Å². The Morgan fingerprint density at radius 2 is 2.11 bits per heavy atom. The Balaban J connectivity index is 2.14. The third kappa shape index (κ3) is 3.56. The molecule has 0 atom stereocenters. The molecule has 1 aliphatic rings. The van der Waals surface area contributed by atoms with Gasteiger partial charge in [0, 0.05) is 12.1 Å². The summed E-state index contributed by atoms with van der Waals surface area (Å²) < 4.78 is 0. The number of carbonyl (C=O) groups excluding carboxylic acids is 1. The van der Waals surface area contributed by atoms with Crippen LogP contribution in [0.1, 0.15) is 37.8 Å². The van der Waals surface area contributed by atoms with Crippen molar-refractivity contribution in [1.29, 1.82) is 0 Å². The minimum Gasteiger partial charge on any atom is -0.481 e. The third-order valence-electron chi connectivity index (χ3n) is 3.38. The van der Waals surface area contributed by atoms with Gasteiger partial charge in [-0.2, -0.15) is 0 Å². The van der Waals surface area contributed by atoms with Gasteiger partial charge in [0.1, 0.15) is 0 Å². The Morgan fingerprint density at radius 3 is 2.79 bits per heavy atom. The number of carbonyl (C=O) groups is 2. The van der Waals surface area contributed by atoms with E-state index in [1.54, 1.807) is 0 Å². The minimum absolute atomic E-state index is 0.0615. The summed E-state index contributed by atoms with van der Waals surface area (Å²) in [5.74, 6) is -0.707. The van der Waals surface area contributed by atoms with E-state index in [0.717, 1.165) is 29.7 Å². The number of anilines is 1. The number of benzene rings is 1. The summed E-state index contributed by atoms with van der Waals surface area (Å²) in [6.45, 7) is 3.92. The van der Waals surface area contributed by atoms with Crippen LogP contribution in [0, 0.1) is 5.41 Å². The van der Waals surface area contributed by atoms with E-state index in [-0.39, 0.29) is 17.7 Å². The van der Waals surface area contributed by atoms with E-state index < -0.39 is 5.97 Å². The fraction of sp³-hybridized carbons (Fsp3) is 0.467. The van der Waals surface area contributed by atoms with Gasteiger partial charge in [0.15, 0.2) is 0 Å². The van der Waals surface area contributed by atoms with Crippen molar-refractivity contribution in [2.24, 2.45) is 5.41 Å². The van der Waals surface area contributed by atoms with Crippen molar-refractivity contribution < 1.29 is 14.7 Å². The van der Waals surface area contributed by atoms with E-state index in [2.05, 4.69) is 11.4 Å². The zero-order chi connectivity index (χ0) is 14.0. The molecule has 1 aliphatic heterocycles. The van der Waals surface area contributed by atoms with Gasteiger partial charge in [-0.05, 0) is 35.4 Å². The molecule has 0 unspecified atom stereocenters. The molecule has 0 saturated carbocycles. The summed E-state index contributed by atoms with van der Waals surface area (Å²) in [5.41, 5.74) is 2.89. The molecule has 102 valence electrons. The number of rotatable bonds is 4. The van der Waals surface area contributed by atoms with Gasteiger partial charge in [0.05, 0.1) is 6.42 Å². The lowest BCUT2D eigenvalue weighted by molar-refractivity contribution is -0.139. The number of carboxylic acids is 1. The number of hydrogen-bond acceptors (Lipinski definition) is 2. The molecule has 0 bridgehead atoms. The quantitative estimate of drug-likeness (QED) is 0.875. The molecular formula is C15H19NO3. The number of aliphatic carboxylic acids is 1. The van der Waals surface area contributed by atoms with Crippen LogP contribution in [0.3, 0.4) is 0 Å². The first-order chi connectivity index (χ1) is 8.85. The normalized spacial score (nSPS) is 14.7. The second kappa shape index (κ2) is 5.03. The molecule has 0 fully saturated rings. The average Bonchev–Trinajstić information content (AvgIpc) is 2.27. The maximum atomic E-state index is 11.3. The van der Waals surface area contributed by atoms with Gasteiger partial charge in [-0.15, -0.1) is 0 Å². The lowest BCUT2D eigenvalue weighted by atomic mass is 9.82. The second-order valence-electron chi connectivity index (χ2n) is 5.95. The molecule has 2 N–H and O–H groups in total. The molecule has 0 radical (unpaired) electrons. The van der Waals surface area contributed by atoms with E-state index in [0.29, 0.717) is 6.42 Å². The molecule has 1 heterocycles. The highest BCUT2D eigenvalue weighted by Crippen LogP contribution is 2.29. The molecule has 1 aromatic carbocycles. The van der Waals surface area contributed by atoms with Crippen LogP contribution < -0.4 is 5.32 Å². The van der Waals surface area contributed by atoms with Crippen LogP contribution in [0.4, 0.5) is 5.69 Å². The van der Waals surface area contributed by atoms with Gasteiger partial charge in [-0.25, -0.2) is 0 Å². The van der Waals surface area contributed by atoms with Crippen molar-refractivity contribution >= 4 is 17.6 Å². The highest BCUT2D eigenvalue weighted by Gasteiger charge is 2.23. The van der Waals surface area contributed by atoms with Crippen LogP contribution >= 0.6 is 0 Å². The number of nitrogens with one attached hydrogen (secondary N) is 1. The summed E-state index contributed by atoms with van der Waals surface area (Å²) in [4.78, 5) is 22.1. The van der Waals surface area contributed by atoms with E-state index in [1.807, 2.05) is 26.0 Å². The molecule has 2 rings (SSSR count). The SMILES string of the molecule is CC(C)(CC(=O)O)Cc1ccc2c(c1)CCC(=O)N2. The monoisotopic (exact) mass is 261 g/mol. The lowest BCUT2D eigenvalue weighted by Crippen LogP contribution is -2.21. The Bertz CT molecular complexity index is 520. The molecule has 0 spiro atoms. The molecular weight excluding hydrogens is 242 g/mol. The van der Waals surface area contributed by atoms with Crippen LogP contribution in [-0.2, 0) is 22.4 Å². The van der Waals surface area contributed by atoms with Crippen molar-refractivity contribution in [3.05, 3.63) is 29.3 Å². The summed E-state index contributed by atoms with van der Waals surface area (Å²) in [7, 11) is 0. The van der Waals surface area contributed by atoms with Gasteiger partial charge >= 0.3 is 5.97 Å². The molecule has 0 aromatic heterocycles. The van der Waals surface area contributed by atoms with Crippen LogP contribution in [0.5, 0.6) is 0 Å². The summed E-state index contributed by atoms with van der Waals surface area (Å²) in [6.07, 6.45) is 2.16. The molecule has 4 nitrogen and oxygen atoms in total. The number of carboxylic acid groups (broad SMARTS) is 1. The van der Waals surface area contributed by atoms with Crippen LogP contribution in [-0.4, -0.2) is 17.0 Å². The first kappa shape index (κ1) is 13.6. The fourth-order valence-electron chi connectivity index (χ4n) is 2.57. The molecule has 0 aliphatic carbocycles. The number of hydrogen-bond donors (Lipinski definition) is 2. The first-order valence-electron chi connectivity index (χ1n) is 6.49. The first-order valence-corrected chi connectivity index (χ1v) is 6.49. The molecule has 0 saturated heterocycles. The Morgan fingerprint density at radius 1 is 1.37 bits per heavy atom. The summed E-state index contributed by atoms with van der Waals surface area (Å²) in [5, 5.41) is 11.7. The molecule has 19 heavy (non-hydrogen) atoms. The van der Waals surface area contributed by atoms with Crippen LogP contribution in [0.15, 0.2) is 18.2 Å². The largest absolute Gasteiger partial charge is 0.481 e. The van der Waals surface area contributed by atoms with E-state index in [9.17, 15) is 9.59 Å². The zero-order valence-corrected chi connectivity index (χ0v) is 11.3. The summed E-state index contributed by atoms with van der Waals surface area (Å²) >= 11 is 0. The Hall–Kier alpha value is -1.84. The Labute approximate surface area is 112 Å². The predicted molar refractivity (Wildman–Crippen MR) is 73.1 cm³/mol. The van der Waals surface area contributed by atoms with Gasteiger partial charge in [0.25, 0.3) is 0 Å². The van der Waals surface area contributed by atoms with E-state index in [4.69, 9.17) is 5.11 Å². The third-order valence-corrected chi connectivity index (χ3v) is 3.38. The van der Waals surface area contributed by atoms with Crippen molar-refractivity contribution in [3.63, 3.8) is 0 Å². The number of aryl methyl sites for hydroxylation is 1. The number of amides is 1. The maximum absolute atomic E-state index is 11.3. The van der Waals surface area contributed by atoms with Crippen molar-refractivity contribution in [2.75, 3.05) is 5.32 Å². The average molecular weight is 261 g/mol. The smallest absolute Gasteiger partial charge is 0.303 e. The second-order valence-corrected chi connectivity index (χ2v) is 5.95. The van der Waals surface area contributed by atoms with Gasteiger partial charge < -0.3 is 10.4 Å². The van der Waals surface area contributed by atoms with Crippen LogP contribution in [0.25, 0.3) is 0 Å². The van der Waals surface area contributed by atoms with Crippen LogP contribution in [0.2, 0.25) is 0 Å². The Kier molecular flexibility index (Phi) is 3.60. The topological polar surface area (TPSA) is 66.4 Å². The standard InChI is InChI=1S/C15H19NO3/c1-15(2,9-14(18)19)8-10-3-5-12-11(7-10)4-6-13(17)16-12/h3,5,7H,4,6,8-9H2,1-2H3,(H,16,17)(H,18,19). The van der Waals surface area contributed by atoms with Crippen molar-refractivity contribution in [3.8, 4) is 0 Å². The molecule has 4 heteroatoms. The highest BCUT2D eigenvalue weighted by molar-refractivity contribution is 5.93. The minimum atomic E-state index is -0.768. The number of fused-ring (bicyclic) bond motifs is 1. The highest BCUT2D eigenvalue weighted by atomic mass is 16.4. The van der Waals surface area contributed by atoms with E-state index in [1.165, 1.54) is 0 Å². The van der Waals surface area contributed by atoms with Gasteiger partial charge in [-0.3, -0.25) is 9.59 Å². The fourth-order valence-corrected chi connectivity index (χ4v) is 2.57. The molecule has 1 aromatic rings. The maximum Gasteiger partial charge on any atom is 0.303 e. The lowest BCUT2D eigenvalue weighted by Gasteiger charge is -2.24. The van der Waals surface area contributed by atoms with Crippen molar-refractivity contribution in [1.82, 2.24) is 0 Å². The molecule has 1 amide bonds. The summed E-state index contributed by atoms with van der Waals surface area (Å²) in [6, 6.07) is 5.96. The van der Waals surface area contributed by atoms with Crippen molar-refractivity contribution in [2.45, 2.75) is 39.5 Å². The predicted octanol–water partition coefficient (Wildman–Crippen LogP) is 2.61. The zero-order valence-electron chi connectivity index (χ0n) is 11.3. The van der Waals surface area contributed by atoms with Gasteiger partial charge in [0.2, 0.25) is 5.91 Å². The van der Waals surface area contributed by atoms with E-state index >= 15 is 0 Å².